The van der Waals surface area contributed by atoms with E-state index in [2.05, 4.69) is 0 Å². The van der Waals surface area contributed by atoms with Gasteiger partial charge in [0.2, 0.25) is 10.0 Å². The van der Waals surface area contributed by atoms with Crippen molar-refractivity contribution in [2.75, 3.05) is 13.1 Å². The van der Waals surface area contributed by atoms with E-state index in [1.165, 1.54) is 4.31 Å². The number of hydrogen-bond acceptors (Lipinski definition) is 3. The van der Waals surface area contributed by atoms with Gasteiger partial charge in [-0.3, -0.25) is 0 Å². The molecule has 0 radical (unpaired) electrons. The lowest BCUT2D eigenvalue weighted by Crippen LogP contribution is -2.35. The summed E-state index contributed by atoms with van der Waals surface area (Å²) < 4.78 is 24.3. The van der Waals surface area contributed by atoms with Gasteiger partial charge in [-0.05, 0) is 20.3 Å². The lowest BCUT2D eigenvalue weighted by molar-refractivity contribution is 0.189. The van der Waals surface area contributed by atoms with E-state index in [1.807, 2.05) is 0 Å². The lowest BCUT2D eigenvalue weighted by atomic mass is 10.3. The maximum absolute atomic E-state index is 11.5. The van der Waals surface area contributed by atoms with Crippen LogP contribution in [0.2, 0.25) is 0 Å². The molecular weight excluding hydrogens is 178 g/mol. The second-order valence-corrected chi connectivity index (χ2v) is 5.88. The van der Waals surface area contributed by atoms with Crippen LogP contribution in [0.5, 0.6) is 0 Å². The average molecular weight is 193 g/mol. The molecule has 1 heterocycles. The predicted molar refractivity (Wildman–Crippen MR) is 46.3 cm³/mol. The van der Waals surface area contributed by atoms with Crippen molar-refractivity contribution in [2.45, 2.75) is 31.6 Å². The maximum atomic E-state index is 11.5. The van der Waals surface area contributed by atoms with Gasteiger partial charge in [-0.25, -0.2) is 8.42 Å². The maximum Gasteiger partial charge on any atom is 0.216 e. The number of nitrogens with zero attached hydrogens (tertiary/aromatic N) is 1. The fourth-order valence-electron chi connectivity index (χ4n) is 1.24. The molecule has 1 rings (SSSR count). The number of hydrogen-bond donors (Lipinski definition) is 1. The Bertz CT molecular complexity index is 247. The molecule has 1 atom stereocenters. The van der Waals surface area contributed by atoms with Crippen LogP contribution in [-0.4, -0.2) is 42.3 Å². The van der Waals surface area contributed by atoms with Crippen molar-refractivity contribution in [3.63, 3.8) is 0 Å². The predicted octanol–water partition coefficient (Wildman–Crippen LogP) is -0.209. The highest BCUT2D eigenvalue weighted by Gasteiger charge is 2.31. The molecular formula is C7H15NO3S. The van der Waals surface area contributed by atoms with Crippen LogP contribution in [0.4, 0.5) is 0 Å². The Hall–Kier alpha value is -0.130. The SMILES string of the molecule is CC(C)S(=O)(=O)N1CC[C@H](O)C1. The van der Waals surface area contributed by atoms with Crippen LogP contribution in [-0.2, 0) is 10.0 Å². The molecule has 0 aromatic heterocycles. The topological polar surface area (TPSA) is 57.6 Å². The Balaban J connectivity index is 2.71. The van der Waals surface area contributed by atoms with Crippen molar-refractivity contribution in [3.05, 3.63) is 0 Å². The monoisotopic (exact) mass is 193 g/mol. The first-order chi connectivity index (χ1) is 5.44. The van der Waals surface area contributed by atoms with Crippen LogP contribution >= 0.6 is 0 Å². The van der Waals surface area contributed by atoms with Gasteiger partial charge in [0.15, 0.2) is 0 Å². The van der Waals surface area contributed by atoms with Gasteiger partial charge in [0.1, 0.15) is 0 Å². The Morgan fingerprint density at radius 3 is 2.42 bits per heavy atom. The number of rotatable bonds is 2. The fourth-order valence-corrected chi connectivity index (χ4v) is 2.58. The molecule has 72 valence electrons. The summed E-state index contributed by atoms with van der Waals surface area (Å²) in [6.07, 6.45) is 0.0879. The minimum absolute atomic E-state index is 0.264. The second kappa shape index (κ2) is 3.32. The molecule has 1 saturated heterocycles. The summed E-state index contributed by atoms with van der Waals surface area (Å²) in [7, 11) is -3.14. The van der Waals surface area contributed by atoms with E-state index in [0.717, 1.165) is 0 Å². The van der Waals surface area contributed by atoms with Crippen LogP contribution in [0.3, 0.4) is 0 Å². The minimum Gasteiger partial charge on any atom is -0.392 e. The highest BCUT2D eigenvalue weighted by molar-refractivity contribution is 7.89. The van der Waals surface area contributed by atoms with E-state index < -0.39 is 16.1 Å². The summed E-state index contributed by atoms with van der Waals surface area (Å²) in [5, 5.41) is 8.75. The number of sulfonamides is 1. The van der Waals surface area contributed by atoms with E-state index in [9.17, 15) is 8.42 Å². The van der Waals surface area contributed by atoms with Crippen molar-refractivity contribution >= 4 is 10.0 Å². The van der Waals surface area contributed by atoms with Crippen molar-refractivity contribution < 1.29 is 13.5 Å². The van der Waals surface area contributed by atoms with E-state index in [0.29, 0.717) is 13.0 Å². The number of β-amino-alcohol motifs (C(OH)–C–C–N with tert-alkyl or cyclic N) is 1. The molecule has 1 N–H and O–H groups in total. The van der Waals surface area contributed by atoms with E-state index in [4.69, 9.17) is 5.11 Å². The van der Waals surface area contributed by atoms with E-state index in [1.54, 1.807) is 13.8 Å². The molecule has 0 saturated carbocycles. The van der Waals surface area contributed by atoms with Crippen LogP contribution in [0.15, 0.2) is 0 Å². The van der Waals surface area contributed by atoms with Crippen LogP contribution in [0, 0.1) is 0 Å². The van der Waals surface area contributed by atoms with Gasteiger partial charge in [-0.2, -0.15) is 4.31 Å². The van der Waals surface area contributed by atoms with Gasteiger partial charge in [-0.1, -0.05) is 0 Å². The quantitative estimate of drug-likeness (QED) is 0.660. The summed E-state index contributed by atoms with van der Waals surface area (Å²) in [5.74, 6) is 0. The third kappa shape index (κ3) is 1.78. The third-order valence-corrected chi connectivity index (χ3v) is 4.32. The summed E-state index contributed by atoms with van der Waals surface area (Å²) in [6.45, 7) is 4.03. The molecule has 1 aliphatic rings. The molecule has 12 heavy (non-hydrogen) atoms. The highest BCUT2D eigenvalue weighted by Crippen LogP contribution is 2.16. The Labute approximate surface area is 73.2 Å². The summed E-state index contributed by atoms with van der Waals surface area (Å²) >= 11 is 0. The minimum atomic E-state index is -3.14. The lowest BCUT2D eigenvalue weighted by Gasteiger charge is -2.17. The van der Waals surface area contributed by atoms with Gasteiger partial charge in [0.25, 0.3) is 0 Å². The van der Waals surface area contributed by atoms with Crippen LogP contribution < -0.4 is 0 Å². The Morgan fingerprint density at radius 2 is 2.08 bits per heavy atom. The first-order valence-electron chi connectivity index (χ1n) is 4.11. The molecule has 5 heteroatoms. The molecule has 1 fully saturated rings. The molecule has 0 amide bonds. The largest absolute Gasteiger partial charge is 0.392 e. The van der Waals surface area contributed by atoms with Crippen LogP contribution in [0.25, 0.3) is 0 Å². The standard InChI is InChI=1S/C7H15NO3S/c1-6(2)12(10,11)8-4-3-7(9)5-8/h6-7,9H,3-5H2,1-2H3/t7-/m0/s1. The molecule has 4 nitrogen and oxygen atoms in total. The fraction of sp³-hybridized carbons (Fsp3) is 1.00. The molecule has 0 bridgehead atoms. The molecule has 0 unspecified atom stereocenters. The van der Waals surface area contributed by atoms with Crippen LogP contribution in [0.1, 0.15) is 20.3 Å². The summed E-state index contributed by atoms with van der Waals surface area (Å²) in [5.41, 5.74) is 0. The Morgan fingerprint density at radius 1 is 1.50 bits per heavy atom. The second-order valence-electron chi connectivity index (χ2n) is 3.39. The number of aliphatic hydroxyl groups is 1. The van der Waals surface area contributed by atoms with Gasteiger partial charge >= 0.3 is 0 Å². The normalized spacial score (nSPS) is 26.8. The average Bonchev–Trinajstić information content (AvgIpc) is 2.35. The van der Waals surface area contributed by atoms with Crippen molar-refractivity contribution in [2.24, 2.45) is 0 Å². The summed E-state index contributed by atoms with van der Waals surface area (Å²) in [6, 6.07) is 0. The van der Waals surface area contributed by atoms with Gasteiger partial charge in [0.05, 0.1) is 11.4 Å². The first-order valence-corrected chi connectivity index (χ1v) is 5.62. The zero-order chi connectivity index (χ0) is 9.35. The van der Waals surface area contributed by atoms with Crippen molar-refractivity contribution in [3.8, 4) is 0 Å². The smallest absolute Gasteiger partial charge is 0.216 e. The first kappa shape index (κ1) is 9.95. The van der Waals surface area contributed by atoms with Crippen molar-refractivity contribution in [1.29, 1.82) is 0 Å². The summed E-state index contributed by atoms with van der Waals surface area (Å²) in [4.78, 5) is 0. The van der Waals surface area contributed by atoms with E-state index in [-0.39, 0.29) is 11.8 Å². The molecule has 0 aromatic rings. The molecule has 0 spiro atoms. The van der Waals surface area contributed by atoms with E-state index >= 15 is 0 Å². The zero-order valence-electron chi connectivity index (χ0n) is 7.40. The Kier molecular flexibility index (Phi) is 2.75. The van der Waals surface area contributed by atoms with Gasteiger partial charge in [0, 0.05) is 13.1 Å². The molecule has 0 aliphatic carbocycles. The third-order valence-electron chi connectivity index (χ3n) is 2.08. The van der Waals surface area contributed by atoms with Crippen molar-refractivity contribution in [1.82, 2.24) is 4.31 Å². The van der Waals surface area contributed by atoms with Gasteiger partial charge in [-0.15, -0.1) is 0 Å². The molecule has 0 aromatic carbocycles. The van der Waals surface area contributed by atoms with Gasteiger partial charge < -0.3 is 5.11 Å². The highest BCUT2D eigenvalue weighted by atomic mass is 32.2. The zero-order valence-corrected chi connectivity index (χ0v) is 8.21. The molecule has 1 aliphatic heterocycles. The number of aliphatic hydroxyl groups excluding tert-OH is 1.